The molecule has 0 bridgehead atoms. The molecule has 0 N–H and O–H groups in total. The molecule has 4 rings (SSSR count). The minimum Gasteiger partial charge on any atom is -0.449 e. The van der Waals surface area contributed by atoms with Gasteiger partial charge < -0.3 is 4.74 Å². The zero-order chi connectivity index (χ0) is 18.1. The third-order valence-electron chi connectivity index (χ3n) is 4.89. The molecule has 26 heavy (non-hydrogen) atoms. The van der Waals surface area contributed by atoms with Crippen LogP contribution in [0.5, 0.6) is 0 Å². The van der Waals surface area contributed by atoms with Crippen molar-refractivity contribution in [3.8, 4) is 0 Å². The van der Waals surface area contributed by atoms with Crippen molar-refractivity contribution in [1.29, 1.82) is 0 Å². The summed E-state index contributed by atoms with van der Waals surface area (Å²) in [5.74, 6) is -0.257. The maximum Gasteiger partial charge on any atom is 0.339 e. The fourth-order valence-electron chi connectivity index (χ4n) is 3.42. The maximum atomic E-state index is 12.7. The molecule has 0 saturated carbocycles. The second-order valence-electron chi connectivity index (χ2n) is 6.76. The molecule has 0 amide bonds. The zero-order valence-electron chi connectivity index (χ0n) is 14.8. The number of cyclic esters (lactones) is 1. The van der Waals surface area contributed by atoms with Crippen molar-refractivity contribution in [3.05, 3.63) is 101 Å². The summed E-state index contributed by atoms with van der Waals surface area (Å²) in [5, 5.41) is -0.0264. The highest BCUT2D eigenvalue weighted by Crippen LogP contribution is 2.53. The monoisotopic (exact) mass is 360 g/mol. The van der Waals surface area contributed by atoms with E-state index in [-0.39, 0.29) is 11.2 Å². The van der Waals surface area contributed by atoms with Gasteiger partial charge in [0.25, 0.3) is 0 Å². The Hall–Kier alpha value is -2.52. The number of rotatable bonds is 3. The molecule has 3 heteroatoms. The van der Waals surface area contributed by atoms with Crippen LogP contribution in [0.4, 0.5) is 0 Å². The quantitative estimate of drug-likeness (QED) is 0.543. The molecule has 1 aliphatic rings. The number of hydrogen-bond donors (Lipinski definition) is 0. The smallest absolute Gasteiger partial charge is 0.339 e. The predicted molar refractivity (Wildman–Crippen MR) is 105 cm³/mol. The number of carbonyl (C=O) groups is 1. The molecular formula is C23H20O2S. The summed E-state index contributed by atoms with van der Waals surface area (Å²) in [5.41, 5.74) is 3.19. The van der Waals surface area contributed by atoms with Crippen LogP contribution >= 0.6 is 11.8 Å². The van der Waals surface area contributed by atoms with E-state index in [2.05, 4.69) is 31.2 Å². The van der Waals surface area contributed by atoms with E-state index in [1.807, 2.05) is 61.5 Å². The first kappa shape index (κ1) is 16.9. The average molecular weight is 360 g/mol. The van der Waals surface area contributed by atoms with Crippen molar-refractivity contribution in [2.24, 2.45) is 0 Å². The summed E-state index contributed by atoms with van der Waals surface area (Å²) in [6.45, 7) is 4.10. The van der Waals surface area contributed by atoms with Crippen molar-refractivity contribution in [2.75, 3.05) is 0 Å². The molecule has 0 aromatic heterocycles. The second kappa shape index (κ2) is 6.65. The molecule has 2 atom stereocenters. The van der Waals surface area contributed by atoms with Gasteiger partial charge in [0, 0.05) is 4.90 Å². The number of aryl methyl sites for hydroxylation is 1. The predicted octanol–water partition coefficient (Wildman–Crippen LogP) is 5.91. The van der Waals surface area contributed by atoms with Crippen LogP contribution in [0.3, 0.4) is 0 Å². The summed E-state index contributed by atoms with van der Waals surface area (Å²) in [7, 11) is 0. The van der Waals surface area contributed by atoms with E-state index in [4.69, 9.17) is 4.74 Å². The highest BCUT2D eigenvalue weighted by Gasteiger charge is 2.46. The van der Waals surface area contributed by atoms with E-state index in [0.29, 0.717) is 5.56 Å². The Morgan fingerprint density at radius 2 is 1.54 bits per heavy atom. The first-order valence-electron chi connectivity index (χ1n) is 8.69. The second-order valence-corrected chi connectivity index (χ2v) is 7.94. The Bertz CT molecular complexity index is 934. The van der Waals surface area contributed by atoms with Crippen molar-refractivity contribution < 1.29 is 9.53 Å². The molecule has 3 aromatic carbocycles. The molecule has 1 aliphatic heterocycles. The zero-order valence-corrected chi connectivity index (χ0v) is 15.6. The molecule has 0 radical (unpaired) electrons. The van der Waals surface area contributed by atoms with Gasteiger partial charge in [0.2, 0.25) is 0 Å². The molecule has 0 aliphatic carbocycles. The molecule has 0 fully saturated rings. The van der Waals surface area contributed by atoms with Crippen LogP contribution in [0.2, 0.25) is 0 Å². The average Bonchev–Trinajstić information content (AvgIpc) is 2.67. The van der Waals surface area contributed by atoms with Gasteiger partial charge in [-0.25, -0.2) is 4.79 Å². The summed E-state index contributed by atoms with van der Waals surface area (Å²) in [6.07, 6.45) is 0. The van der Waals surface area contributed by atoms with Crippen LogP contribution < -0.4 is 0 Å². The Balaban J connectivity index is 1.84. The van der Waals surface area contributed by atoms with Gasteiger partial charge in [-0.05, 0) is 43.2 Å². The van der Waals surface area contributed by atoms with Crippen LogP contribution in [-0.2, 0) is 10.3 Å². The lowest BCUT2D eigenvalue weighted by molar-refractivity contribution is -0.0199. The molecule has 3 aromatic rings. The fourth-order valence-corrected chi connectivity index (χ4v) is 4.72. The highest BCUT2D eigenvalue weighted by atomic mass is 32.2. The van der Waals surface area contributed by atoms with Crippen LogP contribution in [0.25, 0.3) is 0 Å². The molecule has 130 valence electrons. The van der Waals surface area contributed by atoms with Gasteiger partial charge in [-0.2, -0.15) is 0 Å². The largest absolute Gasteiger partial charge is 0.449 e. The number of carbonyl (C=O) groups excluding carboxylic acids is 1. The number of thioether (sulfide) groups is 1. The van der Waals surface area contributed by atoms with Gasteiger partial charge in [0.1, 0.15) is 0 Å². The normalized spacial score (nSPS) is 21.8. The fraction of sp³-hybridized carbons (Fsp3) is 0.174. The number of esters is 1. The summed E-state index contributed by atoms with van der Waals surface area (Å²) < 4.78 is 6.04. The standard InChI is InChI=1S/C23H20O2S/c1-16-12-14-18(15-13-16)26-21-19-10-6-7-11-20(19)22(24)25-23(21,2)17-8-4-3-5-9-17/h3-15,21H,1-2H3/t21-,23+/m0/s1. The van der Waals surface area contributed by atoms with E-state index < -0.39 is 5.60 Å². The molecule has 2 nitrogen and oxygen atoms in total. The highest BCUT2D eigenvalue weighted by molar-refractivity contribution is 7.99. The van der Waals surface area contributed by atoms with Crippen molar-refractivity contribution >= 4 is 17.7 Å². The van der Waals surface area contributed by atoms with Crippen molar-refractivity contribution in [3.63, 3.8) is 0 Å². The Morgan fingerprint density at radius 3 is 2.27 bits per heavy atom. The van der Waals surface area contributed by atoms with Crippen LogP contribution in [0.1, 0.15) is 39.2 Å². The minimum absolute atomic E-state index is 0.0264. The number of benzene rings is 3. The SMILES string of the molecule is Cc1ccc(S[C@H]2c3ccccc3C(=O)O[C@]2(C)c2ccccc2)cc1. The van der Waals surface area contributed by atoms with E-state index in [0.717, 1.165) is 16.0 Å². The molecule has 1 heterocycles. The lowest BCUT2D eigenvalue weighted by atomic mass is 9.84. The Labute approximate surface area is 158 Å². The maximum absolute atomic E-state index is 12.7. The lowest BCUT2D eigenvalue weighted by Gasteiger charge is -2.41. The third-order valence-corrected chi connectivity index (χ3v) is 6.37. The summed E-state index contributed by atoms with van der Waals surface area (Å²) >= 11 is 1.74. The number of fused-ring (bicyclic) bond motifs is 1. The molecule has 0 saturated heterocycles. The van der Waals surface area contributed by atoms with Crippen molar-refractivity contribution in [1.82, 2.24) is 0 Å². The molecule has 0 spiro atoms. The van der Waals surface area contributed by atoms with Gasteiger partial charge in [-0.1, -0.05) is 66.2 Å². The van der Waals surface area contributed by atoms with Gasteiger partial charge in [-0.15, -0.1) is 11.8 Å². The number of hydrogen-bond acceptors (Lipinski definition) is 3. The Kier molecular flexibility index (Phi) is 4.33. The Morgan fingerprint density at radius 1 is 0.885 bits per heavy atom. The van der Waals surface area contributed by atoms with Gasteiger partial charge >= 0.3 is 5.97 Å². The van der Waals surface area contributed by atoms with Crippen molar-refractivity contribution in [2.45, 2.75) is 29.6 Å². The molecular weight excluding hydrogens is 340 g/mol. The van der Waals surface area contributed by atoms with Gasteiger partial charge in [0.05, 0.1) is 10.8 Å². The van der Waals surface area contributed by atoms with Crippen LogP contribution in [0, 0.1) is 6.92 Å². The molecule has 0 unspecified atom stereocenters. The van der Waals surface area contributed by atoms with E-state index in [1.54, 1.807) is 11.8 Å². The van der Waals surface area contributed by atoms with E-state index in [1.165, 1.54) is 5.56 Å². The van der Waals surface area contributed by atoms with E-state index >= 15 is 0 Å². The minimum atomic E-state index is -0.734. The van der Waals surface area contributed by atoms with Gasteiger partial charge in [0.15, 0.2) is 5.60 Å². The van der Waals surface area contributed by atoms with Crippen LogP contribution in [0.15, 0.2) is 83.8 Å². The topological polar surface area (TPSA) is 26.3 Å². The first-order valence-corrected chi connectivity index (χ1v) is 9.57. The third kappa shape index (κ3) is 2.93. The lowest BCUT2D eigenvalue weighted by Crippen LogP contribution is -2.39. The van der Waals surface area contributed by atoms with Gasteiger partial charge in [-0.3, -0.25) is 0 Å². The first-order chi connectivity index (χ1) is 12.6. The summed E-state index contributed by atoms with van der Waals surface area (Å²) in [6, 6.07) is 26.3. The summed E-state index contributed by atoms with van der Waals surface area (Å²) in [4.78, 5) is 13.8. The van der Waals surface area contributed by atoms with Crippen LogP contribution in [-0.4, -0.2) is 5.97 Å². The van der Waals surface area contributed by atoms with E-state index in [9.17, 15) is 4.79 Å². The number of ether oxygens (including phenoxy) is 1.